The van der Waals surface area contributed by atoms with E-state index in [1.807, 2.05) is 24.3 Å². The molecular formula is C22H32ClN3O3. The highest BCUT2D eigenvalue weighted by Crippen LogP contribution is 2.39. The summed E-state index contributed by atoms with van der Waals surface area (Å²) in [6.07, 6.45) is 5.00. The molecule has 4 atom stereocenters. The third-order valence-electron chi connectivity index (χ3n) is 6.72. The molecule has 29 heavy (non-hydrogen) atoms. The Hall–Kier alpha value is -1.79. The van der Waals surface area contributed by atoms with Crippen LogP contribution < -0.4 is 15.4 Å². The number of hydrogen-bond acceptors (Lipinski definition) is 4. The third kappa shape index (κ3) is 4.69. The van der Waals surface area contributed by atoms with E-state index in [0.717, 1.165) is 37.2 Å². The zero-order valence-electron chi connectivity index (χ0n) is 17.1. The zero-order chi connectivity index (χ0) is 19.5. The smallest absolute Gasteiger partial charge is 0.223 e. The van der Waals surface area contributed by atoms with Crippen LogP contribution in [0.25, 0.3) is 0 Å². The van der Waals surface area contributed by atoms with Gasteiger partial charge in [-0.25, -0.2) is 0 Å². The molecule has 2 amide bonds. The number of carbonyl (C=O) groups is 2. The number of hydrogen-bond donors (Lipinski definition) is 2. The van der Waals surface area contributed by atoms with Crippen LogP contribution in [0.5, 0.6) is 5.75 Å². The highest BCUT2D eigenvalue weighted by molar-refractivity contribution is 5.85. The second-order valence-corrected chi connectivity index (χ2v) is 8.36. The van der Waals surface area contributed by atoms with Crippen LogP contribution in [0.1, 0.15) is 37.7 Å². The number of carbonyl (C=O) groups excluding carboxylic acids is 2. The van der Waals surface area contributed by atoms with E-state index in [1.54, 1.807) is 7.11 Å². The zero-order valence-corrected chi connectivity index (χ0v) is 17.9. The fraction of sp³-hybridized carbons (Fsp3) is 0.636. The number of para-hydroxylation sites is 1. The van der Waals surface area contributed by atoms with Crippen molar-refractivity contribution in [2.24, 2.45) is 11.8 Å². The highest BCUT2D eigenvalue weighted by atomic mass is 35.5. The van der Waals surface area contributed by atoms with Gasteiger partial charge in [-0.15, -0.1) is 12.4 Å². The van der Waals surface area contributed by atoms with Crippen LogP contribution in [0.2, 0.25) is 0 Å². The average molecular weight is 422 g/mol. The quantitative estimate of drug-likeness (QED) is 0.738. The molecule has 3 heterocycles. The number of nitrogens with zero attached hydrogens (tertiary/aromatic N) is 1. The maximum atomic E-state index is 12.7. The topological polar surface area (TPSA) is 70.7 Å². The number of ether oxygens (including phenoxy) is 1. The van der Waals surface area contributed by atoms with Crippen LogP contribution in [0.4, 0.5) is 0 Å². The van der Waals surface area contributed by atoms with Gasteiger partial charge in [0.05, 0.1) is 13.2 Å². The normalized spacial score (nSPS) is 28.2. The molecule has 2 bridgehead atoms. The Morgan fingerprint density at radius 2 is 2.07 bits per heavy atom. The molecule has 3 aliphatic rings. The fourth-order valence-electron chi connectivity index (χ4n) is 5.36. The van der Waals surface area contributed by atoms with Crippen molar-refractivity contribution < 1.29 is 14.3 Å². The first-order valence-electron chi connectivity index (χ1n) is 10.6. The summed E-state index contributed by atoms with van der Waals surface area (Å²) in [7, 11) is 1.65. The van der Waals surface area contributed by atoms with E-state index in [1.165, 1.54) is 6.42 Å². The van der Waals surface area contributed by atoms with Gasteiger partial charge >= 0.3 is 0 Å². The van der Waals surface area contributed by atoms with Gasteiger partial charge in [-0.2, -0.15) is 0 Å². The van der Waals surface area contributed by atoms with Crippen LogP contribution in [0, 0.1) is 11.8 Å². The summed E-state index contributed by atoms with van der Waals surface area (Å²) in [5, 5.41) is 6.66. The first kappa shape index (κ1) is 21.9. The molecule has 0 aliphatic carbocycles. The van der Waals surface area contributed by atoms with E-state index in [-0.39, 0.29) is 30.3 Å². The van der Waals surface area contributed by atoms with Gasteiger partial charge in [-0.1, -0.05) is 18.2 Å². The number of halogens is 1. The van der Waals surface area contributed by atoms with Crippen LogP contribution in [0.15, 0.2) is 24.3 Å². The van der Waals surface area contributed by atoms with E-state index in [9.17, 15) is 9.59 Å². The van der Waals surface area contributed by atoms with Crippen molar-refractivity contribution in [3.63, 3.8) is 0 Å². The number of benzene rings is 1. The molecule has 1 aromatic carbocycles. The number of fused-ring (bicyclic) bond motifs is 4. The average Bonchev–Trinajstić information content (AvgIpc) is 2.73. The van der Waals surface area contributed by atoms with Gasteiger partial charge in [0, 0.05) is 32.0 Å². The molecule has 0 unspecified atom stereocenters. The molecule has 0 saturated carbocycles. The summed E-state index contributed by atoms with van der Waals surface area (Å²) < 4.78 is 5.37. The minimum atomic E-state index is 0. The summed E-state index contributed by atoms with van der Waals surface area (Å²) in [6, 6.07) is 8.29. The number of rotatable bonds is 6. The van der Waals surface area contributed by atoms with Gasteiger partial charge in [0.25, 0.3) is 0 Å². The lowest BCUT2D eigenvalue weighted by molar-refractivity contribution is -0.149. The van der Waals surface area contributed by atoms with E-state index in [0.29, 0.717) is 43.7 Å². The first-order valence-corrected chi connectivity index (χ1v) is 10.6. The Morgan fingerprint density at radius 1 is 1.28 bits per heavy atom. The van der Waals surface area contributed by atoms with Gasteiger partial charge < -0.3 is 20.3 Å². The Kier molecular flexibility index (Phi) is 7.41. The number of amides is 2. The largest absolute Gasteiger partial charge is 0.496 e. The van der Waals surface area contributed by atoms with Crippen LogP contribution in [-0.4, -0.2) is 55.5 Å². The van der Waals surface area contributed by atoms with Gasteiger partial charge in [0.15, 0.2) is 0 Å². The SMILES string of the molecule is COc1ccccc1CCC(=O)NC[C@H]1[C@@H]2CNC[C@@H](C2)[C@@H]2CCCC(=O)N21.Cl. The summed E-state index contributed by atoms with van der Waals surface area (Å²) in [5.41, 5.74) is 1.04. The van der Waals surface area contributed by atoms with Crippen LogP contribution in [0.3, 0.4) is 0 Å². The molecule has 160 valence electrons. The highest BCUT2D eigenvalue weighted by Gasteiger charge is 2.47. The summed E-state index contributed by atoms with van der Waals surface area (Å²) in [5.74, 6) is 2.15. The number of nitrogens with one attached hydrogen (secondary N) is 2. The Morgan fingerprint density at radius 3 is 2.90 bits per heavy atom. The molecule has 3 aliphatic heterocycles. The van der Waals surface area contributed by atoms with Gasteiger partial charge in [0.1, 0.15) is 5.75 Å². The lowest BCUT2D eigenvalue weighted by Crippen LogP contribution is -2.66. The molecular weight excluding hydrogens is 390 g/mol. The van der Waals surface area contributed by atoms with E-state index in [2.05, 4.69) is 15.5 Å². The molecule has 3 fully saturated rings. The van der Waals surface area contributed by atoms with Crippen molar-refractivity contribution in [3.8, 4) is 5.75 Å². The minimum absolute atomic E-state index is 0. The van der Waals surface area contributed by atoms with Gasteiger partial charge in [-0.05, 0) is 55.7 Å². The number of piperidine rings is 3. The molecule has 0 radical (unpaired) electrons. The Labute approximate surface area is 179 Å². The predicted octanol–water partition coefficient (Wildman–Crippen LogP) is 2.15. The standard InChI is InChI=1S/C22H31N3O3.ClH/c1-28-20-7-3-2-5-15(20)9-10-21(26)24-14-19-17-11-16(12-23-13-17)18-6-4-8-22(27)25(18)19;/h2-3,5,7,16-19,23H,4,6,8-14H2,1H3,(H,24,26);1H/t16-,17+,18+,19+;/m1./s1. The van der Waals surface area contributed by atoms with Crippen molar-refractivity contribution in [3.05, 3.63) is 29.8 Å². The summed E-state index contributed by atoms with van der Waals surface area (Å²) in [6.45, 7) is 2.52. The van der Waals surface area contributed by atoms with E-state index in [4.69, 9.17) is 4.74 Å². The Balaban J connectivity index is 0.00000240. The Bertz CT molecular complexity index is 729. The molecule has 1 aromatic rings. The van der Waals surface area contributed by atoms with Crippen molar-refractivity contribution >= 4 is 24.2 Å². The third-order valence-corrected chi connectivity index (χ3v) is 6.72. The van der Waals surface area contributed by atoms with E-state index >= 15 is 0 Å². The molecule has 7 heteroatoms. The predicted molar refractivity (Wildman–Crippen MR) is 114 cm³/mol. The summed E-state index contributed by atoms with van der Waals surface area (Å²) >= 11 is 0. The number of aryl methyl sites for hydroxylation is 1. The second-order valence-electron chi connectivity index (χ2n) is 8.36. The molecule has 0 spiro atoms. The van der Waals surface area contributed by atoms with Gasteiger partial charge in [0.2, 0.25) is 11.8 Å². The van der Waals surface area contributed by atoms with Crippen LogP contribution >= 0.6 is 12.4 Å². The maximum Gasteiger partial charge on any atom is 0.223 e. The van der Waals surface area contributed by atoms with Crippen molar-refractivity contribution in [1.29, 1.82) is 0 Å². The second kappa shape index (κ2) is 9.81. The lowest BCUT2D eigenvalue weighted by atomic mass is 9.72. The molecule has 3 saturated heterocycles. The monoisotopic (exact) mass is 421 g/mol. The molecule has 2 N–H and O–H groups in total. The van der Waals surface area contributed by atoms with Crippen molar-refractivity contribution in [2.45, 2.75) is 50.6 Å². The van der Waals surface area contributed by atoms with Crippen molar-refractivity contribution in [2.75, 3.05) is 26.7 Å². The number of methoxy groups -OCH3 is 1. The van der Waals surface area contributed by atoms with Crippen molar-refractivity contribution in [1.82, 2.24) is 15.5 Å². The maximum absolute atomic E-state index is 12.7. The van der Waals surface area contributed by atoms with Gasteiger partial charge in [-0.3, -0.25) is 9.59 Å². The molecule has 6 nitrogen and oxygen atoms in total. The lowest BCUT2D eigenvalue weighted by Gasteiger charge is -2.54. The molecule has 4 rings (SSSR count). The molecule has 0 aromatic heterocycles. The van der Waals surface area contributed by atoms with Crippen LogP contribution in [-0.2, 0) is 16.0 Å². The summed E-state index contributed by atoms with van der Waals surface area (Å²) in [4.78, 5) is 27.3. The van der Waals surface area contributed by atoms with E-state index < -0.39 is 0 Å². The minimum Gasteiger partial charge on any atom is -0.496 e. The fourth-order valence-corrected chi connectivity index (χ4v) is 5.36. The first-order chi connectivity index (χ1) is 13.7.